The van der Waals surface area contributed by atoms with Crippen molar-refractivity contribution in [2.24, 2.45) is 4.99 Å². The van der Waals surface area contributed by atoms with E-state index in [4.69, 9.17) is 14.6 Å². The van der Waals surface area contributed by atoms with E-state index >= 15 is 0 Å². The van der Waals surface area contributed by atoms with Gasteiger partial charge in [-0.05, 0) is 48.9 Å². The fourth-order valence-corrected chi connectivity index (χ4v) is 2.86. The Morgan fingerprint density at radius 3 is 2.55 bits per heavy atom. The molecule has 2 aromatic rings. The van der Waals surface area contributed by atoms with E-state index in [-0.39, 0.29) is 25.9 Å². The molecule has 0 saturated carbocycles. The van der Waals surface area contributed by atoms with Gasteiger partial charge >= 0.3 is 12.1 Å². The number of aliphatic carboxylic acids is 1. The van der Waals surface area contributed by atoms with Crippen LogP contribution < -0.4 is 10.1 Å². The molecular weight excluding hydrogens is 389 g/mol. The zero-order chi connectivity index (χ0) is 21.0. The Morgan fingerprint density at radius 2 is 1.90 bits per heavy atom. The fraction of sp³-hybridized carbons (Fsp3) is 0.300. The van der Waals surface area contributed by atoms with Crippen LogP contribution in [0.4, 0.5) is 18.9 Å². The number of anilines is 1. The molecule has 0 amide bonds. The minimum Gasteiger partial charge on any atom is -0.491 e. The molecule has 2 aromatic carbocycles. The van der Waals surface area contributed by atoms with Crippen molar-refractivity contribution in [2.45, 2.75) is 19.1 Å². The van der Waals surface area contributed by atoms with Crippen LogP contribution in [-0.2, 0) is 15.7 Å². The first-order valence-corrected chi connectivity index (χ1v) is 8.83. The average Bonchev–Trinajstić information content (AvgIpc) is 2.67. The highest BCUT2D eigenvalue weighted by Crippen LogP contribution is 2.37. The van der Waals surface area contributed by atoms with Crippen LogP contribution in [0.15, 0.2) is 47.5 Å². The first-order chi connectivity index (χ1) is 13.7. The first kappa shape index (κ1) is 20.7. The highest BCUT2D eigenvalue weighted by Gasteiger charge is 2.32. The molecule has 154 valence electrons. The maximum absolute atomic E-state index is 13.0. The quantitative estimate of drug-likeness (QED) is 0.674. The van der Waals surface area contributed by atoms with Gasteiger partial charge in [0, 0.05) is 11.3 Å². The number of nitrogens with one attached hydrogen (secondary N) is 1. The molecule has 2 N–H and O–H groups in total. The fourth-order valence-electron chi connectivity index (χ4n) is 2.86. The topological polar surface area (TPSA) is 80.2 Å². The smallest absolute Gasteiger partial charge is 0.416 e. The number of aliphatic imine (C=N–C) groups is 1. The van der Waals surface area contributed by atoms with Crippen LogP contribution in [0.3, 0.4) is 0 Å². The van der Waals surface area contributed by atoms with Crippen LogP contribution in [0.1, 0.15) is 29.7 Å². The van der Waals surface area contributed by atoms with Gasteiger partial charge in [0.25, 0.3) is 0 Å². The Hall–Kier alpha value is -3.07. The Bertz CT molecular complexity index is 911. The lowest BCUT2D eigenvalue weighted by Gasteiger charge is -2.24. The number of benzene rings is 2. The zero-order valence-corrected chi connectivity index (χ0v) is 15.5. The molecule has 0 fully saturated rings. The van der Waals surface area contributed by atoms with Crippen molar-refractivity contribution < 1.29 is 32.5 Å². The molecule has 29 heavy (non-hydrogen) atoms. The van der Waals surface area contributed by atoms with Gasteiger partial charge in [-0.3, -0.25) is 4.99 Å². The summed E-state index contributed by atoms with van der Waals surface area (Å²) in [6, 6.07) is 10.2. The lowest BCUT2D eigenvalue weighted by atomic mass is 10.0. The van der Waals surface area contributed by atoms with Crippen molar-refractivity contribution in [1.29, 1.82) is 0 Å². The van der Waals surface area contributed by atoms with Gasteiger partial charge in [-0.1, -0.05) is 6.07 Å². The van der Waals surface area contributed by atoms with Crippen molar-refractivity contribution in [2.75, 3.05) is 25.1 Å². The number of ether oxygens (including phenoxy) is 2. The highest BCUT2D eigenvalue weighted by atomic mass is 19.4. The molecule has 1 unspecified atom stereocenters. The molecule has 1 atom stereocenters. The summed E-state index contributed by atoms with van der Waals surface area (Å²) in [5.74, 6) is -0.0224. The molecule has 1 aliphatic heterocycles. The van der Waals surface area contributed by atoms with Crippen molar-refractivity contribution in [3.63, 3.8) is 0 Å². The molecule has 1 heterocycles. The van der Waals surface area contributed by atoms with Gasteiger partial charge in [-0.15, -0.1) is 0 Å². The Morgan fingerprint density at radius 1 is 1.17 bits per heavy atom. The number of carboxylic acids is 1. The summed E-state index contributed by atoms with van der Waals surface area (Å²) >= 11 is 0. The van der Waals surface area contributed by atoms with Crippen LogP contribution in [0.2, 0.25) is 0 Å². The number of rotatable bonds is 7. The number of alkyl halides is 3. The summed E-state index contributed by atoms with van der Waals surface area (Å²) < 4.78 is 49.3. The van der Waals surface area contributed by atoms with E-state index in [1.807, 2.05) is 6.92 Å². The first-order valence-electron chi connectivity index (χ1n) is 8.83. The summed E-state index contributed by atoms with van der Waals surface area (Å²) in [7, 11) is 0. The van der Waals surface area contributed by atoms with E-state index in [0.29, 0.717) is 28.4 Å². The maximum atomic E-state index is 13.0. The molecule has 0 saturated heterocycles. The molecule has 3 rings (SSSR count). The Labute approximate surface area is 165 Å². The molecule has 1 aliphatic rings. The third-order valence-corrected chi connectivity index (χ3v) is 4.26. The molecule has 9 heteroatoms. The summed E-state index contributed by atoms with van der Waals surface area (Å²) in [4.78, 5) is 14.9. The number of carbonyl (C=O) groups is 1. The molecule has 6 nitrogen and oxygen atoms in total. The SMILES string of the molecule is CC1N=C(c2ccc(OCCOCC(=O)O)cc2)Nc2cc(C(F)(F)F)ccc21. The molecule has 0 aromatic heterocycles. The van der Waals surface area contributed by atoms with E-state index in [2.05, 4.69) is 10.3 Å². The van der Waals surface area contributed by atoms with Crippen molar-refractivity contribution in [1.82, 2.24) is 0 Å². The number of amidine groups is 1. The van der Waals surface area contributed by atoms with Gasteiger partial charge in [0.1, 0.15) is 24.8 Å². The van der Waals surface area contributed by atoms with Crippen LogP contribution in [0.25, 0.3) is 0 Å². The second kappa shape index (κ2) is 8.52. The minimum absolute atomic E-state index is 0.137. The van der Waals surface area contributed by atoms with Gasteiger partial charge < -0.3 is 19.9 Å². The van der Waals surface area contributed by atoms with Crippen LogP contribution in [-0.4, -0.2) is 36.7 Å². The highest BCUT2D eigenvalue weighted by molar-refractivity contribution is 6.09. The number of nitrogens with zero attached hydrogens (tertiary/aromatic N) is 1. The number of fused-ring (bicyclic) bond motifs is 1. The van der Waals surface area contributed by atoms with Gasteiger partial charge in [0.2, 0.25) is 0 Å². The van der Waals surface area contributed by atoms with E-state index in [0.717, 1.165) is 12.1 Å². The molecule has 0 aliphatic carbocycles. The third-order valence-electron chi connectivity index (χ3n) is 4.26. The van der Waals surface area contributed by atoms with Gasteiger partial charge in [-0.2, -0.15) is 13.2 Å². The predicted molar refractivity (Wildman–Crippen MR) is 100 cm³/mol. The molecule has 0 spiro atoms. The summed E-state index contributed by atoms with van der Waals surface area (Å²) in [5, 5.41) is 11.5. The lowest BCUT2D eigenvalue weighted by Crippen LogP contribution is -2.21. The maximum Gasteiger partial charge on any atom is 0.416 e. The lowest BCUT2D eigenvalue weighted by molar-refractivity contribution is -0.142. The molecular formula is C20H19F3N2O4. The molecule has 0 bridgehead atoms. The van der Waals surface area contributed by atoms with Gasteiger partial charge in [0.15, 0.2) is 0 Å². The van der Waals surface area contributed by atoms with Gasteiger partial charge in [0.05, 0.1) is 18.2 Å². The monoisotopic (exact) mass is 408 g/mol. The predicted octanol–water partition coefficient (Wildman–Crippen LogP) is 4.12. The second-order valence-corrected chi connectivity index (χ2v) is 6.40. The van der Waals surface area contributed by atoms with E-state index in [9.17, 15) is 18.0 Å². The average molecular weight is 408 g/mol. The summed E-state index contributed by atoms with van der Waals surface area (Å²) in [5.41, 5.74) is 1.07. The number of halogens is 3. The largest absolute Gasteiger partial charge is 0.491 e. The Balaban J connectivity index is 1.66. The van der Waals surface area contributed by atoms with Gasteiger partial charge in [-0.25, -0.2) is 4.79 Å². The number of hydrogen-bond acceptors (Lipinski definition) is 5. The zero-order valence-electron chi connectivity index (χ0n) is 15.5. The standard InChI is InChI=1S/C20H19F3N2O4/c1-12-16-7-4-14(20(21,22)23)10-17(16)25-19(24-12)13-2-5-15(6-3-13)29-9-8-28-11-18(26)27/h2-7,10,12H,8-9,11H2,1H3,(H,24,25)(H,26,27). The number of hydrogen-bond donors (Lipinski definition) is 2. The Kier molecular flexibility index (Phi) is 6.07. The van der Waals surface area contributed by atoms with Crippen LogP contribution in [0, 0.1) is 0 Å². The third kappa shape index (κ3) is 5.26. The van der Waals surface area contributed by atoms with E-state index in [1.54, 1.807) is 24.3 Å². The van der Waals surface area contributed by atoms with E-state index in [1.165, 1.54) is 6.07 Å². The normalized spacial score (nSPS) is 15.9. The summed E-state index contributed by atoms with van der Waals surface area (Å²) in [6.07, 6.45) is -4.41. The van der Waals surface area contributed by atoms with E-state index < -0.39 is 17.7 Å². The minimum atomic E-state index is -4.41. The number of carboxylic acid groups (broad SMARTS) is 1. The molecule has 0 radical (unpaired) electrons. The summed E-state index contributed by atoms with van der Waals surface area (Å²) in [6.45, 7) is 1.76. The van der Waals surface area contributed by atoms with Crippen LogP contribution >= 0.6 is 0 Å². The second-order valence-electron chi connectivity index (χ2n) is 6.40. The van der Waals surface area contributed by atoms with Crippen molar-refractivity contribution in [3.8, 4) is 5.75 Å². The van der Waals surface area contributed by atoms with Crippen molar-refractivity contribution in [3.05, 3.63) is 59.2 Å². The van der Waals surface area contributed by atoms with Crippen LogP contribution in [0.5, 0.6) is 5.75 Å². The van der Waals surface area contributed by atoms with Crippen molar-refractivity contribution >= 4 is 17.5 Å².